The molecule has 0 aliphatic heterocycles. The summed E-state index contributed by atoms with van der Waals surface area (Å²) in [7, 11) is 0. The molecule has 17 heavy (non-hydrogen) atoms. The van der Waals surface area contributed by atoms with E-state index in [0.29, 0.717) is 12.1 Å². The van der Waals surface area contributed by atoms with Crippen LogP contribution in [0.15, 0.2) is 41.1 Å². The highest BCUT2D eigenvalue weighted by Gasteiger charge is 2.02. The lowest BCUT2D eigenvalue weighted by molar-refractivity contribution is 0.612. The minimum atomic E-state index is -0.207. The smallest absolute Gasteiger partial charge is 0.128 e. The van der Waals surface area contributed by atoms with E-state index < -0.39 is 0 Å². The average Bonchev–Trinajstić information content (AvgIpc) is 2.30. The fourth-order valence-electron chi connectivity index (χ4n) is 1.53. The Kier molecular flexibility index (Phi) is 3.74. The number of aromatic nitrogens is 1. The third-order valence-electron chi connectivity index (χ3n) is 2.37. The summed E-state index contributed by atoms with van der Waals surface area (Å²) in [4.78, 5) is 4.07. The minimum absolute atomic E-state index is 0.207. The third kappa shape index (κ3) is 3.27. The molecule has 1 heterocycles. The van der Waals surface area contributed by atoms with Crippen LogP contribution in [0, 0.1) is 12.7 Å². The lowest BCUT2D eigenvalue weighted by Gasteiger charge is -2.08. The molecular weight excluding hydrogens is 283 g/mol. The first-order valence-electron chi connectivity index (χ1n) is 5.24. The van der Waals surface area contributed by atoms with E-state index >= 15 is 0 Å². The van der Waals surface area contributed by atoms with Gasteiger partial charge in [0.25, 0.3) is 0 Å². The van der Waals surface area contributed by atoms with Gasteiger partial charge in [0.15, 0.2) is 0 Å². The lowest BCUT2D eigenvalue weighted by atomic mass is 10.2. The van der Waals surface area contributed by atoms with Gasteiger partial charge in [-0.2, -0.15) is 0 Å². The first-order chi connectivity index (χ1) is 8.15. The molecule has 0 aliphatic rings. The molecule has 0 amide bonds. The van der Waals surface area contributed by atoms with Gasteiger partial charge in [-0.25, -0.2) is 4.39 Å². The van der Waals surface area contributed by atoms with Crippen LogP contribution < -0.4 is 5.32 Å². The summed E-state index contributed by atoms with van der Waals surface area (Å²) in [6, 6.07) is 6.89. The van der Waals surface area contributed by atoms with E-state index in [2.05, 4.69) is 26.2 Å². The molecule has 1 aromatic heterocycles. The number of nitrogens with one attached hydrogen (secondary N) is 1. The molecule has 4 heteroatoms. The van der Waals surface area contributed by atoms with Crippen LogP contribution in [0.4, 0.5) is 10.1 Å². The van der Waals surface area contributed by atoms with Crippen molar-refractivity contribution in [2.45, 2.75) is 13.5 Å². The van der Waals surface area contributed by atoms with Crippen LogP contribution in [-0.4, -0.2) is 4.98 Å². The van der Waals surface area contributed by atoms with Crippen molar-refractivity contribution in [1.82, 2.24) is 4.98 Å². The molecule has 0 unspecified atom stereocenters. The van der Waals surface area contributed by atoms with E-state index in [1.54, 1.807) is 24.5 Å². The van der Waals surface area contributed by atoms with Crippen molar-refractivity contribution in [3.05, 3.63) is 58.1 Å². The molecule has 0 fully saturated rings. The maximum absolute atomic E-state index is 13.5. The number of benzene rings is 1. The van der Waals surface area contributed by atoms with Gasteiger partial charge in [-0.15, -0.1) is 0 Å². The summed E-state index contributed by atoms with van der Waals surface area (Å²) in [5.41, 5.74) is 2.59. The molecule has 0 atom stereocenters. The molecule has 88 valence electrons. The highest BCUT2D eigenvalue weighted by Crippen LogP contribution is 2.17. The van der Waals surface area contributed by atoms with Crippen LogP contribution in [0.1, 0.15) is 11.1 Å². The summed E-state index contributed by atoms with van der Waals surface area (Å²) in [6.45, 7) is 2.41. The van der Waals surface area contributed by atoms with Gasteiger partial charge < -0.3 is 5.32 Å². The Labute approximate surface area is 108 Å². The molecule has 2 rings (SSSR count). The highest BCUT2D eigenvalue weighted by molar-refractivity contribution is 9.10. The lowest BCUT2D eigenvalue weighted by Crippen LogP contribution is -2.02. The topological polar surface area (TPSA) is 24.9 Å². The van der Waals surface area contributed by atoms with Gasteiger partial charge in [-0.1, -0.05) is 15.9 Å². The molecule has 1 aromatic carbocycles. The van der Waals surface area contributed by atoms with Gasteiger partial charge in [0.1, 0.15) is 5.82 Å². The normalized spacial score (nSPS) is 10.3. The quantitative estimate of drug-likeness (QED) is 0.928. The predicted octanol–water partition coefficient (Wildman–Crippen LogP) is 3.90. The second-order valence-electron chi connectivity index (χ2n) is 3.84. The molecule has 1 N–H and O–H groups in total. The molecule has 2 nitrogen and oxygen atoms in total. The fraction of sp³-hybridized carbons (Fsp3) is 0.154. The van der Waals surface area contributed by atoms with Crippen LogP contribution in [0.25, 0.3) is 0 Å². The van der Waals surface area contributed by atoms with Crippen molar-refractivity contribution in [2.24, 2.45) is 0 Å². The summed E-state index contributed by atoms with van der Waals surface area (Å²) >= 11 is 3.33. The number of rotatable bonds is 3. The maximum Gasteiger partial charge on any atom is 0.128 e. The van der Waals surface area contributed by atoms with Gasteiger partial charge in [-0.05, 0) is 36.8 Å². The summed E-state index contributed by atoms with van der Waals surface area (Å²) in [6.07, 6.45) is 3.51. The van der Waals surface area contributed by atoms with Gasteiger partial charge in [0.2, 0.25) is 0 Å². The zero-order valence-corrected chi connectivity index (χ0v) is 11.0. The van der Waals surface area contributed by atoms with Crippen molar-refractivity contribution in [3.63, 3.8) is 0 Å². The average molecular weight is 295 g/mol. The Hall–Kier alpha value is -1.42. The molecule has 0 saturated heterocycles. The monoisotopic (exact) mass is 294 g/mol. The van der Waals surface area contributed by atoms with Crippen LogP contribution in [0.3, 0.4) is 0 Å². The van der Waals surface area contributed by atoms with E-state index in [9.17, 15) is 4.39 Å². The second kappa shape index (κ2) is 5.27. The van der Waals surface area contributed by atoms with Gasteiger partial charge in [0.05, 0.1) is 5.69 Å². The van der Waals surface area contributed by atoms with Gasteiger partial charge >= 0.3 is 0 Å². The van der Waals surface area contributed by atoms with Crippen molar-refractivity contribution in [2.75, 3.05) is 5.32 Å². The number of aryl methyl sites for hydroxylation is 1. The zero-order chi connectivity index (χ0) is 12.3. The highest BCUT2D eigenvalue weighted by atomic mass is 79.9. The third-order valence-corrected chi connectivity index (χ3v) is 2.86. The van der Waals surface area contributed by atoms with Crippen molar-refractivity contribution >= 4 is 21.6 Å². The molecule has 0 bridgehead atoms. The number of hydrogen-bond donors (Lipinski definition) is 1. The minimum Gasteiger partial charge on any atom is -0.380 e. The first kappa shape index (κ1) is 12.0. The van der Waals surface area contributed by atoms with Gasteiger partial charge in [0, 0.05) is 29.0 Å². The van der Waals surface area contributed by atoms with Crippen LogP contribution in [0.5, 0.6) is 0 Å². The Bertz CT molecular complexity index is 529. The maximum atomic E-state index is 13.5. The Morgan fingerprint density at radius 1 is 1.29 bits per heavy atom. The SMILES string of the molecule is Cc1cncc(NCc2cc(Br)ccc2F)c1. The Morgan fingerprint density at radius 3 is 2.88 bits per heavy atom. The molecule has 0 aliphatic carbocycles. The van der Waals surface area contributed by atoms with Crippen molar-refractivity contribution < 1.29 is 4.39 Å². The van der Waals surface area contributed by atoms with E-state index in [-0.39, 0.29) is 5.82 Å². The number of halogens is 2. The summed E-state index contributed by atoms with van der Waals surface area (Å²) in [5.74, 6) is -0.207. The second-order valence-corrected chi connectivity index (χ2v) is 4.76. The molecular formula is C13H12BrFN2. The standard InChI is InChI=1S/C13H12BrFN2/c1-9-4-12(8-16-6-9)17-7-10-5-11(14)2-3-13(10)15/h2-6,8,17H,7H2,1H3. The first-order valence-corrected chi connectivity index (χ1v) is 6.04. The Balaban J connectivity index is 2.09. The number of hydrogen-bond acceptors (Lipinski definition) is 2. The molecule has 0 spiro atoms. The molecule has 0 saturated carbocycles. The van der Waals surface area contributed by atoms with E-state index in [0.717, 1.165) is 15.7 Å². The van der Waals surface area contributed by atoms with Gasteiger partial charge in [-0.3, -0.25) is 4.98 Å². The number of anilines is 1. The summed E-state index contributed by atoms with van der Waals surface area (Å²) < 4.78 is 14.3. The van der Waals surface area contributed by atoms with E-state index in [4.69, 9.17) is 0 Å². The molecule has 0 radical (unpaired) electrons. The summed E-state index contributed by atoms with van der Waals surface area (Å²) in [5, 5.41) is 3.15. The van der Waals surface area contributed by atoms with Crippen LogP contribution in [-0.2, 0) is 6.54 Å². The van der Waals surface area contributed by atoms with Crippen molar-refractivity contribution in [3.8, 4) is 0 Å². The number of nitrogens with zero attached hydrogens (tertiary/aromatic N) is 1. The Morgan fingerprint density at radius 2 is 2.12 bits per heavy atom. The van der Waals surface area contributed by atoms with Crippen LogP contribution >= 0.6 is 15.9 Å². The predicted molar refractivity (Wildman–Crippen MR) is 70.4 cm³/mol. The largest absolute Gasteiger partial charge is 0.380 e. The van der Waals surface area contributed by atoms with Crippen molar-refractivity contribution in [1.29, 1.82) is 0 Å². The number of pyridine rings is 1. The molecule has 2 aromatic rings. The van der Waals surface area contributed by atoms with Crippen LogP contribution in [0.2, 0.25) is 0 Å². The zero-order valence-electron chi connectivity index (χ0n) is 9.37. The van der Waals surface area contributed by atoms with E-state index in [1.807, 2.05) is 13.0 Å². The van der Waals surface area contributed by atoms with E-state index in [1.165, 1.54) is 6.07 Å². The fourth-order valence-corrected chi connectivity index (χ4v) is 1.94.